The van der Waals surface area contributed by atoms with Crippen LogP contribution in [0.1, 0.15) is 200 Å². The third-order valence-electron chi connectivity index (χ3n) is 8.48. The summed E-state index contributed by atoms with van der Waals surface area (Å²) in [5.74, 6) is -0.743. The minimum absolute atomic E-state index is 0.0681. The highest BCUT2D eigenvalue weighted by atomic mass is 16.5. The molecule has 0 aliphatic heterocycles. The Hall–Kier alpha value is -1.14. The first-order valence-electron chi connectivity index (χ1n) is 18.2. The molecule has 0 heterocycles. The highest BCUT2D eigenvalue weighted by Crippen LogP contribution is 2.16. The molecule has 0 aromatic heterocycles. The van der Waals surface area contributed by atoms with Crippen molar-refractivity contribution in [3.63, 3.8) is 0 Å². The lowest BCUT2D eigenvalue weighted by Gasteiger charge is -2.17. The van der Waals surface area contributed by atoms with Gasteiger partial charge in [0.05, 0.1) is 18.8 Å². The molecule has 6 heteroatoms. The van der Waals surface area contributed by atoms with E-state index in [1.54, 1.807) is 0 Å². The lowest BCUT2D eigenvalue weighted by Crippen LogP contribution is -2.25. The van der Waals surface area contributed by atoms with Crippen molar-refractivity contribution in [1.82, 2.24) is 0 Å². The molecule has 0 bridgehead atoms. The number of hydrogen-bond acceptors (Lipinski definition) is 5. The number of esters is 1. The predicted octanol–water partition coefficient (Wildman–Crippen LogP) is 10.1. The molecule has 0 saturated carbocycles. The Balaban J connectivity index is 3.30. The number of carbonyl (C=O) groups is 2. The maximum atomic E-state index is 11.9. The highest BCUT2D eigenvalue weighted by molar-refractivity contribution is 5.69. The van der Waals surface area contributed by atoms with Gasteiger partial charge in [0.25, 0.3) is 0 Å². The van der Waals surface area contributed by atoms with E-state index in [2.05, 4.69) is 6.92 Å². The smallest absolute Gasteiger partial charge is 0.305 e. The lowest BCUT2D eigenvalue weighted by atomic mass is 9.99. The summed E-state index contributed by atoms with van der Waals surface area (Å²) in [7, 11) is 0. The van der Waals surface area contributed by atoms with E-state index in [9.17, 15) is 19.8 Å². The minimum atomic E-state index is -0.675. The molecule has 250 valence electrons. The number of ether oxygens (including phenoxy) is 1. The number of aliphatic carboxylic acids is 1. The van der Waals surface area contributed by atoms with E-state index < -0.39 is 18.2 Å². The third kappa shape index (κ3) is 31.8. The normalized spacial score (nSPS) is 12.8. The van der Waals surface area contributed by atoms with Crippen molar-refractivity contribution < 1.29 is 29.6 Å². The quantitative estimate of drug-likeness (QED) is 0.0503. The first kappa shape index (κ1) is 40.9. The van der Waals surface area contributed by atoms with Crippen LogP contribution in [0, 0.1) is 0 Å². The van der Waals surface area contributed by atoms with Gasteiger partial charge >= 0.3 is 11.9 Å². The molecule has 2 unspecified atom stereocenters. The zero-order valence-electron chi connectivity index (χ0n) is 27.6. The zero-order valence-corrected chi connectivity index (χ0v) is 27.6. The van der Waals surface area contributed by atoms with E-state index in [1.807, 2.05) is 0 Å². The van der Waals surface area contributed by atoms with Crippen molar-refractivity contribution in [2.75, 3.05) is 6.61 Å². The fraction of sp³-hybridized carbons (Fsp3) is 0.944. The largest absolute Gasteiger partial charge is 0.481 e. The minimum Gasteiger partial charge on any atom is -0.481 e. The van der Waals surface area contributed by atoms with Gasteiger partial charge in [0.15, 0.2) is 0 Å². The average molecular weight is 599 g/mol. The molecule has 0 aromatic carbocycles. The molecule has 0 saturated heterocycles. The van der Waals surface area contributed by atoms with Crippen LogP contribution in [0.15, 0.2) is 0 Å². The Labute approximate surface area is 259 Å². The number of aliphatic hydroxyl groups excluding tert-OH is 2. The van der Waals surface area contributed by atoms with Crippen molar-refractivity contribution >= 4 is 11.9 Å². The van der Waals surface area contributed by atoms with Crippen LogP contribution in [0.2, 0.25) is 0 Å². The summed E-state index contributed by atoms with van der Waals surface area (Å²) >= 11 is 0. The summed E-state index contributed by atoms with van der Waals surface area (Å²) in [6.45, 7) is 2.77. The van der Waals surface area contributed by atoms with Gasteiger partial charge in [0.1, 0.15) is 0 Å². The molecule has 6 nitrogen and oxygen atoms in total. The van der Waals surface area contributed by atoms with E-state index in [-0.39, 0.29) is 5.97 Å². The van der Waals surface area contributed by atoms with Crippen LogP contribution in [0.4, 0.5) is 0 Å². The SMILES string of the molecule is CCCCCCCCC(O)C(O)CCCCCCCC(=O)OCCCCCCCCCCCCCCCCCC(=O)O. The van der Waals surface area contributed by atoms with Crippen LogP contribution < -0.4 is 0 Å². The molecule has 2 atom stereocenters. The van der Waals surface area contributed by atoms with Gasteiger partial charge in [0.2, 0.25) is 0 Å². The molecular formula is C36H70O6. The molecule has 42 heavy (non-hydrogen) atoms. The number of hydrogen-bond donors (Lipinski definition) is 3. The van der Waals surface area contributed by atoms with Gasteiger partial charge in [-0.15, -0.1) is 0 Å². The van der Waals surface area contributed by atoms with Crippen LogP contribution >= 0.6 is 0 Å². The first-order valence-corrected chi connectivity index (χ1v) is 18.2. The number of carboxylic acid groups (broad SMARTS) is 1. The molecule has 0 rings (SSSR count). The third-order valence-corrected chi connectivity index (χ3v) is 8.48. The van der Waals surface area contributed by atoms with Crippen LogP contribution in [0.25, 0.3) is 0 Å². The molecule has 0 spiro atoms. The average Bonchev–Trinajstić information content (AvgIpc) is 2.97. The van der Waals surface area contributed by atoms with Crippen molar-refractivity contribution in [2.45, 2.75) is 212 Å². The van der Waals surface area contributed by atoms with E-state index in [4.69, 9.17) is 9.84 Å². The summed E-state index contributed by atoms with van der Waals surface area (Å²) in [6, 6.07) is 0. The van der Waals surface area contributed by atoms with Crippen molar-refractivity contribution in [3.8, 4) is 0 Å². The molecule has 3 N–H and O–H groups in total. The molecular weight excluding hydrogens is 528 g/mol. The van der Waals surface area contributed by atoms with E-state index in [0.29, 0.717) is 32.3 Å². The fourth-order valence-corrected chi connectivity index (χ4v) is 5.61. The second-order valence-electron chi connectivity index (χ2n) is 12.7. The van der Waals surface area contributed by atoms with Gasteiger partial charge in [-0.1, -0.05) is 155 Å². The van der Waals surface area contributed by atoms with E-state index >= 15 is 0 Å². The van der Waals surface area contributed by atoms with Gasteiger partial charge in [-0.05, 0) is 32.1 Å². The van der Waals surface area contributed by atoms with E-state index in [1.165, 1.54) is 96.3 Å². The van der Waals surface area contributed by atoms with Gasteiger partial charge in [-0.3, -0.25) is 9.59 Å². The van der Waals surface area contributed by atoms with Crippen molar-refractivity contribution in [3.05, 3.63) is 0 Å². The summed E-state index contributed by atoms with van der Waals surface area (Å²) in [5.41, 5.74) is 0. The van der Waals surface area contributed by atoms with Gasteiger partial charge in [0, 0.05) is 12.8 Å². The molecule has 0 amide bonds. The number of carboxylic acids is 1. The predicted molar refractivity (Wildman–Crippen MR) is 175 cm³/mol. The topological polar surface area (TPSA) is 104 Å². The standard InChI is InChI=1S/C36H70O6/c1-2-3-4-5-18-23-28-33(37)34(38)29-24-19-17-21-26-31-36(41)42-32-27-22-16-14-12-10-8-6-7-9-11-13-15-20-25-30-35(39)40/h33-34,37-38H,2-32H2,1H3,(H,39,40). The number of unbranched alkanes of at least 4 members (excludes halogenated alkanes) is 23. The maximum Gasteiger partial charge on any atom is 0.305 e. The summed E-state index contributed by atoms with van der Waals surface area (Å²) in [4.78, 5) is 22.4. The second-order valence-corrected chi connectivity index (χ2v) is 12.7. The highest BCUT2D eigenvalue weighted by Gasteiger charge is 2.15. The van der Waals surface area contributed by atoms with Crippen LogP contribution in [0.3, 0.4) is 0 Å². The molecule has 0 aromatic rings. The maximum absolute atomic E-state index is 11.9. The Kier molecular flexibility index (Phi) is 31.9. The fourth-order valence-electron chi connectivity index (χ4n) is 5.61. The number of carbonyl (C=O) groups excluding carboxylic acids is 1. The van der Waals surface area contributed by atoms with Crippen LogP contribution in [-0.4, -0.2) is 46.1 Å². The second kappa shape index (κ2) is 32.8. The van der Waals surface area contributed by atoms with Crippen molar-refractivity contribution in [1.29, 1.82) is 0 Å². The molecule has 0 fully saturated rings. The number of aliphatic hydroxyl groups is 2. The zero-order chi connectivity index (χ0) is 30.9. The van der Waals surface area contributed by atoms with E-state index in [0.717, 1.165) is 70.6 Å². The van der Waals surface area contributed by atoms with Gasteiger partial charge in [-0.25, -0.2) is 0 Å². The summed E-state index contributed by atoms with van der Waals surface area (Å²) < 4.78 is 5.39. The molecule has 0 radical (unpaired) electrons. The Morgan fingerprint density at radius 2 is 0.810 bits per heavy atom. The Morgan fingerprint density at radius 1 is 0.476 bits per heavy atom. The van der Waals surface area contributed by atoms with Crippen LogP contribution in [-0.2, 0) is 14.3 Å². The summed E-state index contributed by atoms with van der Waals surface area (Å²) in [5, 5.41) is 28.9. The van der Waals surface area contributed by atoms with Gasteiger partial charge in [-0.2, -0.15) is 0 Å². The van der Waals surface area contributed by atoms with Crippen molar-refractivity contribution in [2.24, 2.45) is 0 Å². The number of rotatable bonds is 34. The van der Waals surface area contributed by atoms with Crippen LogP contribution in [0.5, 0.6) is 0 Å². The first-order chi connectivity index (χ1) is 20.5. The summed E-state index contributed by atoms with van der Waals surface area (Å²) in [6.07, 6.45) is 31.3. The Morgan fingerprint density at radius 3 is 1.21 bits per heavy atom. The lowest BCUT2D eigenvalue weighted by molar-refractivity contribution is -0.144. The molecule has 0 aliphatic rings. The molecule has 0 aliphatic carbocycles. The van der Waals surface area contributed by atoms with Gasteiger partial charge < -0.3 is 20.1 Å². The Bertz CT molecular complexity index is 581. The monoisotopic (exact) mass is 599 g/mol.